The number of benzene rings is 1. The smallest absolute Gasteiger partial charge is 0.213 e. The van der Waals surface area contributed by atoms with E-state index in [1.807, 2.05) is 25.1 Å². The van der Waals surface area contributed by atoms with E-state index in [4.69, 9.17) is 9.47 Å². The number of aliphatic imine (C=N–C) groups is 1. The summed E-state index contributed by atoms with van der Waals surface area (Å²) in [5.41, 5.74) is 0.809. The molecule has 1 aromatic carbocycles. The summed E-state index contributed by atoms with van der Waals surface area (Å²) in [6, 6.07) is 5.55. The molecule has 2 N–H and O–H groups in total. The van der Waals surface area contributed by atoms with E-state index in [0.717, 1.165) is 5.69 Å². The molecule has 1 rings (SSSR count). The van der Waals surface area contributed by atoms with Crippen molar-refractivity contribution >= 4 is 21.7 Å². The van der Waals surface area contributed by atoms with E-state index >= 15 is 0 Å². The van der Waals surface area contributed by atoms with Crippen molar-refractivity contribution in [2.24, 2.45) is 4.99 Å². The molecule has 0 bridgehead atoms. The Balaban J connectivity index is 2.55. The normalized spacial score (nSPS) is 12.2. The van der Waals surface area contributed by atoms with Gasteiger partial charge in [-0.2, -0.15) is 0 Å². The van der Waals surface area contributed by atoms with Crippen molar-refractivity contribution in [3.8, 4) is 11.5 Å². The Morgan fingerprint density at radius 3 is 2.58 bits per heavy atom. The lowest BCUT2D eigenvalue weighted by atomic mass is 10.2. The molecule has 0 radical (unpaired) electrons. The number of rotatable bonds is 10. The number of anilines is 1. The number of methoxy groups -OCH3 is 1. The first kappa shape index (κ1) is 22.0. The number of hydrogen-bond donors (Lipinski definition) is 2. The number of sulfonamides is 1. The lowest BCUT2D eigenvalue weighted by molar-refractivity contribution is 0.311. The van der Waals surface area contributed by atoms with Crippen molar-refractivity contribution in [2.45, 2.75) is 20.3 Å². The molecule has 0 unspecified atom stereocenters. The van der Waals surface area contributed by atoms with E-state index in [2.05, 4.69) is 15.6 Å². The summed E-state index contributed by atoms with van der Waals surface area (Å²) in [6.07, 6.45) is 0.670. The molecule has 0 amide bonds. The quantitative estimate of drug-likeness (QED) is 0.362. The molecular formula is C17H30N4O4S. The Hall–Kier alpha value is -2.00. The first-order valence-electron chi connectivity index (χ1n) is 8.60. The van der Waals surface area contributed by atoms with Crippen LogP contribution in [-0.2, 0) is 10.0 Å². The molecule has 0 aliphatic heterocycles. The predicted octanol–water partition coefficient (Wildman–Crippen LogP) is 1.75. The highest BCUT2D eigenvalue weighted by molar-refractivity contribution is 7.89. The average Bonchev–Trinajstić information content (AvgIpc) is 2.64. The summed E-state index contributed by atoms with van der Waals surface area (Å²) in [7, 11) is 1.73. The maximum absolute atomic E-state index is 11.7. The monoisotopic (exact) mass is 386 g/mol. The van der Waals surface area contributed by atoms with Crippen LogP contribution in [0.15, 0.2) is 23.2 Å². The van der Waals surface area contributed by atoms with Gasteiger partial charge in [-0.3, -0.25) is 4.99 Å². The zero-order valence-electron chi connectivity index (χ0n) is 16.2. The lowest BCUT2D eigenvalue weighted by Crippen LogP contribution is -2.34. The van der Waals surface area contributed by atoms with E-state index < -0.39 is 10.0 Å². The number of guanidine groups is 1. The Kier molecular flexibility index (Phi) is 9.22. The average molecular weight is 387 g/mol. The van der Waals surface area contributed by atoms with Gasteiger partial charge in [-0.25, -0.2) is 12.7 Å². The Morgan fingerprint density at radius 2 is 2.00 bits per heavy atom. The second-order valence-corrected chi connectivity index (χ2v) is 7.86. The number of nitrogens with one attached hydrogen (secondary N) is 2. The van der Waals surface area contributed by atoms with Gasteiger partial charge in [0.1, 0.15) is 0 Å². The number of nitrogens with zero attached hydrogens (tertiary/aromatic N) is 2. The van der Waals surface area contributed by atoms with Gasteiger partial charge in [0.15, 0.2) is 17.5 Å². The lowest BCUT2D eigenvalue weighted by Gasteiger charge is -2.17. The van der Waals surface area contributed by atoms with E-state index in [-0.39, 0.29) is 5.75 Å². The minimum Gasteiger partial charge on any atom is -0.493 e. The van der Waals surface area contributed by atoms with Crippen molar-refractivity contribution in [1.29, 1.82) is 0 Å². The topological polar surface area (TPSA) is 92.3 Å². The minimum absolute atomic E-state index is 0.111. The van der Waals surface area contributed by atoms with Gasteiger partial charge in [0.2, 0.25) is 10.0 Å². The Labute approximate surface area is 156 Å². The molecule has 0 atom stereocenters. The van der Waals surface area contributed by atoms with Crippen LogP contribution >= 0.6 is 0 Å². The zero-order chi connectivity index (χ0) is 19.6. The maximum Gasteiger partial charge on any atom is 0.213 e. The van der Waals surface area contributed by atoms with Crippen LogP contribution in [0.25, 0.3) is 0 Å². The molecule has 8 nitrogen and oxygen atoms in total. The molecular weight excluding hydrogens is 356 g/mol. The van der Waals surface area contributed by atoms with Gasteiger partial charge in [-0.05, 0) is 32.4 Å². The van der Waals surface area contributed by atoms with Crippen LogP contribution in [0.4, 0.5) is 5.69 Å². The molecule has 0 aliphatic rings. The Bertz CT molecular complexity index is 692. The molecule has 26 heavy (non-hydrogen) atoms. The summed E-state index contributed by atoms with van der Waals surface area (Å²) < 4.78 is 35.6. The van der Waals surface area contributed by atoms with Crippen LogP contribution in [-0.4, -0.2) is 65.3 Å². The summed E-state index contributed by atoms with van der Waals surface area (Å²) >= 11 is 0. The fraction of sp³-hybridized carbons (Fsp3) is 0.588. The second-order valence-electron chi connectivity index (χ2n) is 5.50. The van der Waals surface area contributed by atoms with E-state index in [9.17, 15) is 8.42 Å². The summed E-state index contributed by atoms with van der Waals surface area (Å²) in [4.78, 5) is 4.17. The van der Waals surface area contributed by atoms with Crippen molar-refractivity contribution in [3.63, 3.8) is 0 Å². The molecule has 1 aromatic rings. The number of ether oxygens (including phenoxy) is 2. The summed E-state index contributed by atoms with van der Waals surface area (Å²) in [6.45, 7) is 5.17. The predicted molar refractivity (Wildman–Crippen MR) is 106 cm³/mol. The van der Waals surface area contributed by atoms with Gasteiger partial charge in [0, 0.05) is 38.9 Å². The largest absolute Gasteiger partial charge is 0.493 e. The molecule has 9 heteroatoms. The van der Waals surface area contributed by atoms with Gasteiger partial charge < -0.3 is 20.1 Å². The summed E-state index contributed by atoms with van der Waals surface area (Å²) in [5.74, 6) is 2.03. The van der Waals surface area contributed by atoms with Gasteiger partial charge in [-0.1, -0.05) is 0 Å². The van der Waals surface area contributed by atoms with Gasteiger partial charge in [-0.15, -0.1) is 0 Å². The van der Waals surface area contributed by atoms with Gasteiger partial charge >= 0.3 is 0 Å². The highest BCUT2D eigenvalue weighted by atomic mass is 32.2. The standard InChI is InChI=1S/C17H30N4O4S/c1-6-25-15-10-9-14(13-16(15)24-5)20-17(18-3)19-11-8-12-21(4)26(22,23)7-2/h9-10,13H,6-8,11-12H2,1-5H3,(H2,18,19,20). The van der Waals surface area contributed by atoms with Crippen molar-refractivity contribution in [1.82, 2.24) is 9.62 Å². The number of hydrogen-bond acceptors (Lipinski definition) is 5. The van der Waals surface area contributed by atoms with Crippen LogP contribution in [0, 0.1) is 0 Å². The Morgan fingerprint density at radius 1 is 1.27 bits per heavy atom. The van der Waals surface area contributed by atoms with Crippen molar-refractivity contribution in [3.05, 3.63) is 18.2 Å². The van der Waals surface area contributed by atoms with Crippen LogP contribution < -0.4 is 20.1 Å². The summed E-state index contributed by atoms with van der Waals surface area (Å²) in [5, 5.41) is 6.34. The molecule has 0 heterocycles. The van der Waals surface area contributed by atoms with Crippen LogP contribution in [0.1, 0.15) is 20.3 Å². The third kappa shape index (κ3) is 6.72. The third-order valence-corrected chi connectivity index (χ3v) is 5.59. The third-order valence-electron chi connectivity index (χ3n) is 3.73. The van der Waals surface area contributed by atoms with Gasteiger partial charge in [0.05, 0.1) is 19.5 Å². The molecule has 0 aromatic heterocycles. The zero-order valence-corrected chi connectivity index (χ0v) is 17.0. The van der Waals surface area contributed by atoms with Crippen LogP contribution in [0.3, 0.4) is 0 Å². The first-order valence-corrected chi connectivity index (χ1v) is 10.2. The van der Waals surface area contributed by atoms with E-state index in [1.165, 1.54) is 4.31 Å². The molecule has 0 spiro atoms. The maximum atomic E-state index is 11.7. The minimum atomic E-state index is -3.14. The molecule has 0 saturated carbocycles. The fourth-order valence-electron chi connectivity index (χ4n) is 2.20. The van der Waals surface area contributed by atoms with Crippen LogP contribution in [0.5, 0.6) is 11.5 Å². The fourth-order valence-corrected chi connectivity index (χ4v) is 3.05. The first-order chi connectivity index (χ1) is 12.4. The molecule has 0 fully saturated rings. The van der Waals surface area contributed by atoms with E-state index in [1.54, 1.807) is 28.1 Å². The molecule has 0 aliphatic carbocycles. The second kappa shape index (κ2) is 10.9. The molecule has 148 valence electrons. The van der Waals surface area contributed by atoms with Crippen LogP contribution in [0.2, 0.25) is 0 Å². The SMILES string of the molecule is CCOc1ccc(NC(=NC)NCCCN(C)S(=O)(=O)CC)cc1OC. The van der Waals surface area contributed by atoms with Crippen molar-refractivity contribution < 1.29 is 17.9 Å². The highest BCUT2D eigenvalue weighted by Gasteiger charge is 2.14. The van der Waals surface area contributed by atoms with E-state index in [0.29, 0.717) is 43.6 Å². The van der Waals surface area contributed by atoms with Gasteiger partial charge in [0.25, 0.3) is 0 Å². The highest BCUT2D eigenvalue weighted by Crippen LogP contribution is 2.30. The van der Waals surface area contributed by atoms with Crippen molar-refractivity contribution in [2.75, 3.05) is 52.0 Å². The molecule has 0 saturated heterocycles.